The number of aryl methyl sites for hydroxylation is 2. The molecule has 2 aromatic rings. The number of rotatable bonds is 5. The average molecular weight is 532 g/mol. The summed E-state index contributed by atoms with van der Waals surface area (Å²) in [5, 5.41) is 3.17. The van der Waals surface area contributed by atoms with E-state index in [4.69, 9.17) is 15.2 Å². The van der Waals surface area contributed by atoms with Gasteiger partial charge in [-0.1, -0.05) is 6.07 Å². The van der Waals surface area contributed by atoms with Gasteiger partial charge in [-0.2, -0.15) is 0 Å². The van der Waals surface area contributed by atoms with Gasteiger partial charge in [0.25, 0.3) is 0 Å². The summed E-state index contributed by atoms with van der Waals surface area (Å²) in [6, 6.07) is 10.2. The smallest absolute Gasteiger partial charge is 0.193 e. The Balaban J connectivity index is 0.00000243. The number of guanidine groups is 1. The number of benzene rings is 2. The van der Waals surface area contributed by atoms with Crippen LogP contribution in [-0.2, 0) is 19.4 Å². The molecule has 0 aliphatic heterocycles. The molecule has 3 rings (SSSR count). The topological polar surface area (TPSA) is 68.9 Å². The van der Waals surface area contributed by atoms with Crippen molar-refractivity contribution in [2.45, 2.75) is 25.8 Å². The fourth-order valence-electron chi connectivity index (χ4n) is 3.08. The number of nitrogens with zero attached hydrogens (tertiary/aromatic N) is 1. The Kier molecular flexibility index (Phi) is 7.57. The second kappa shape index (κ2) is 9.45. The first-order valence-corrected chi connectivity index (χ1v) is 8.99. The third-order valence-electron chi connectivity index (χ3n) is 4.30. The van der Waals surface area contributed by atoms with Crippen molar-refractivity contribution in [3.05, 3.63) is 51.5 Å². The Morgan fingerprint density at radius 3 is 2.65 bits per heavy atom. The molecule has 3 N–H and O–H groups in total. The van der Waals surface area contributed by atoms with Gasteiger partial charge < -0.3 is 20.5 Å². The van der Waals surface area contributed by atoms with Crippen LogP contribution >= 0.6 is 39.9 Å². The Labute approximate surface area is 179 Å². The van der Waals surface area contributed by atoms with Gasteiger partial charge in [0.15, 0.2) is 17.5 Å². The molecule has 0 spiro atoms. The minimum atomic E-state index is 0. The van der Waals surface area contributed by atoms with Crippen LogP contribution in [0.3, 0.4) is 0 Å². The van der Waals surface area contributed by atoms with E-state index in [9.17, 15) is 0 Å². The van der Waals surface area contributed by atoms with Crippen LogP contribution < -0.4 is 20.5 Å². The Hall–Kier alpha value is -1.48. The quantitative estimate of drug-likeness (QED) is 0.338. The highest BCUT2D eigenvalue weighted by Gasteiger charge is 2.12. The van der Waals surface area contributed by atoms with Crippen LogP contribution in [-0.4, -0.2) is 20.2 Å². The van der Waals surface area contributed by atoms with Crippen molar-refractivity contribution in [2.75, 3.05) is 19.5 Å². The molecule has 5 nitrogen and oxygen atoms in total. The van der Waals surface area contributed by atoms with E-state index < -0.39 is 0 Å². The molecule has 0 heterocycles. The Morgan fingerprint density at radius 2 is 1.92 bits per heavy atom. The normalized spacial score (nSPS) is 13.0. The summed E-state index contributed by atoms with van der Waals surface area (Å²) < 4.78 is 11.5. The molecule has 0 saturated carbocycles. The lowest BCUT2D eigenvalue weighted by molar-refractivity contribution is 0.352. The van der Waals surface area contributed by atoms with Crippen LogP contribution in [0.5, 0.6) is 11.5 Å². The highest BCUT2D eigenvalue weighted by molar-refractivity contribution is 14.0. The number of hydrogen-bond acceptors (Lipinski definition) is 3. The van der Waals surface area contributed by atoms with E-state index in [0.717, 1.165) is 22.1 Å². The van der Waals surface area contributed by atoms with Crippen LogP contribution in [0, 0.1) is 0 Å². The first-order chi connectivity index (χ1) is 12.1. The first kappa shape index (κ1) is 20.8. The summed E-state index contributed by atoms with van der Waals surface area (Å²) in [7, 11) is 3.22. The lowest BCUT2D eigenvalue weighted by Gasteiger charge is -2.11. The summed E-state index contributed by atoms with van der Waals surface area (Å²) in [4.78, 5) is 4.42. The number of aliphatic imine (C=N–C) groups is 1. The van der Waals surface area contributed by atoms with E-state index in [1.807, 2.05) is 12.1 Å². The Bertz CT molecular complexity index is 812. The molecule has 26 heavy (non-hydrogen) atoms. The van der Waals surface area contributed by atoms with Crippen molar-refractivity contribution in [1.29, 1.82) is 0 Å². The lowest BCUT2D eigenvalue weighted by Crippen LogP contribution is -2.22. The van der Waals surface area contributed by atoms with Crippen molar-refractivity contribution >= 4 is 51.6 Å². The average Bonchev–Trinajstić information content (AvgIpc) is 3.07. The Morgan fingerprint density at radius 1 is 1.15 bits per heavy atom. The van der Waals surface area contributed by atoms with Crippen LogP contribution in [0.15, 0.2) is 39.8 Å². The largest absolute Gasteiger partial charge is 0.493 e. The molecule has 1 aliphatic rings. The van der Waals surface area contributed by atoms with Crippen LogP contribution in [0.1, 0.15) is 23.1 Å². The minimum Gasteiger partial charge on any atom is -0.493 e. The molecule has 0 fully saturated rings. The highest BCUT2D eigenvalue weighted by atomic mass is 127. The van der Waals surface area contributed by atoms with Crippen molar-refractivity contribution < 1.29 is 9.47 Å². The van der Waals surface area contributed by atoms with E-state index in [2.05, 4.69) is 44.4 Å². The van der Waals surface area contributed by atoms with Gasteiger partial charge in [0.05, 0.1) is 25.2 Å². The summed E-state index contributed by atoms with van der Waals surface area (Å²) in [5.74, 6) is 1.72. The fraction of sp³-hybridized carbons (Fsp3) is 0.316. The molecule has 2 aromatic carbocycles. The molecule has 0 saturated heterocycles. The zero-order valence-corrected chi connectivity index (χ0v) is 18.8. The fourth-order valence-corrected chi connectivity index (χ4v) is 3.73. The number of methoxy groups -OCH3 is 2. The predicted molar refractivity (Wildman–Crippen MR) is 120 cm³/mol. The van der Waals surface area contributed by atoms with Gasteiger partial charge in [-0.25, -0.2) is 4.99 Å². The van der Waals surface area contributed by atoms with E-state index in [-0.39, 0.29) is 24.0 Å². The van der Waals surface area contributed by atoms with Crippen molar-refractivity contribution in [1.82, 2.24) is 0 Å². The van der Waals surface area contributed by atoms with Crippen molar-refractivity contribution in [3.8, 4) is 11.5 Å². The van der Waals surface area contributed by atoms with Gasteiger partial charge >= 0.3 is 0 Å². The number of fused-ring (bicyclic) bond motifs is 1. The summed E-state index contributed by atoms with van der Waals surface area (Å²) >= 11 is 3.49. The standard InChI is InChI=1S/C19H22BrN3O2.HI/c1-24-17-9-12(8-16(20)18(17)25-2)11-22-19(21)23-15-7-6-13-4-3-5-14(13)10-15;/h6-10H,3-5,11H2,1-2H3,(H3,21,22,23);1H. The first-order valence-electron chi connectivity index (χ1n) is 8.20. The second-order valence-electron chi connectivity index (χ2n) is 5.98. The minimum absolute atomic E-state index is 0. The number of nitrogens with one attached hydrogen (secondary N) is 1. The maximum atomic E-state index is 6.03. The number of ether oxygens (including phenoxy) is 2. The molecule has 0 atom stereocenters. The number of anilines is 1. The second-order valence-corrected chi connectivity index (χ2v) is 6.83. The van der Waals surface area contributed by atoms with Gasteiger partial charge in [0, 0.05) is 5.69 Å². The van der Waals surface area contributed by atoms with Gasteiger partial charge in [0.1, 0.15) is 0 Å². The molecule has 0 aromatic heterocycles. The maximum Gasteiger partial charge on any atom is 0.193 e. The molecule has 1 aliphatic carbocycles. The van der Waals surface area contributed by atoms with Crippen molar-refractivity contribution in [3.63, 3.8) is 0 Å². The van der Waals surface area contributed by atoms with Gasteiger partial charge in [-0.15, -0.1) is 24.0 Å². The molecule has 0 amide bonds. The van der Waals surface area contributed by atoms with Crippen LogP contribution in [0.2, 0.25) is 0 Å². The molecule has 0 bridgehead atoms. The van der Waals surface area contributed by atoms with E-state index in [0.29, 0.717) is 24.0 Å². The van der Waals surface area contributed by atoms with Gasteiger partial charge in [-0.3, -0.25) is 0 Å². The van der Waals surface area contributed by atoms with Gasteiger partial charge in [0.2, 0.25) is 0 Å². The third kappa shape index (κ3) is 4.82. The van der Waals surface area contributed by atoms with Crippen LogP contribution in [0.25, 0.3) is 0 Å². The van der Waals surface area contributed by atoms with Crippen molar-refractivity contribution in [2.24, 2.45) is 10.7 Å². The maximum absolute atomic E-state index is 6.03. The molecular weight excluding hydrogens is 509 g/mol. The van der Waals surface area contributed by atoms with Crippen LogP contribution in [0.4, 0.5) is 5.69 Å². The zero-order valence-electron chi connectivity index (χ0n) is 14.8. The summed E-state index contributed by atoms with van der Waals surface area (Å²) in [5.41, 5.74) is 10.8. The van der Waals surface area contributed by atoms with E-state index in [1.54, 1.807) is 14.2 Å². The number of nitrogens with two attached hydrogens (primary N) is 1. The zero-order chi connectivity index (χ0) is 17.8. The molecular formula is C19H23BrIN3O2. The predicted octanol–water partition coefficient (Wildman–Crippen LogP) is 4.50. The summed E-state index contributed by atoms with van der Waals surface area (Å²) in [6.07, 6.45) is 3.55. The number of hydrogen-bond donors (Lipinski definition) is 2. The monoisotopic (exact) mass is 531 g/mol. The van der Waals surface area contributed by atoms with Gasteiger partial charge in [-0.05, 0) is 76.1 Å². The lowest BCUT2D eigenvalue weighted by atomic mass is 10.1. The van der Waals surface area contributed by atoms with E-state index >= 15 is 0 Å². The SMILES string of the molecule is COc1cc(CN=C(N)Nc2ccc3c(c2)CCC3)cc(Br)c1OC.I. The highest BCUT2D eigenvalue weighted by Crippen LogP contribution is 2.36. The molecule has 7 heteroatoms. The molecule has 0 radical (unpaired) electrons. The molecule has 0 unspecified atom stereocenters. The summed E-state index contributed by atoms with van der Waals surface area (Å²) in [6.45, 7) is 0.447. The van der Waals surface area contributed by atoms with E-state index in [1.165, 1.54) is 24.0 Å². The third-order valence-corrected chi connectivity index (χ3v) is 4.89. The molecule has 140 valence electrons. The number of halogens is 2.